The minimum atomic E-state index is -0.608. The zero-order valence-corrected chi connectivity index (χ0v) is 20.3. The molecule has 0 unspecified atom stereocenters. The Kier molecular flexibility index (Phi) is 5.65. The molecule has 1 fully saturated rings. The van der Waals surface area contributed by atoms with Crippen LogP contribution in [0.3, 0.4) is 0 Å². The smallest absolute Gasteiger partial charge is 0.408 e. The molecule has 2 N–H and O–H groups in total. The average Bonchev–Trinajstić information content (AvgIpc) is 3.29. The van der Waals surface area contributed by atoms with E-state index in [0.29, 0.717) is 59.5 Å². The van der Waals surface area contributed by atoms with Crippen molar-refractivity contribution in [3.8, 4) is 0 Å². The summed E-state index contributed by atoms with van der Waals surface area (Å²) in [5.41, 5.74) is 3.50. The van der Waals surface area contributed by atoms with Gasteiger partial charge in [0, 0.05) is 36.5 Å². The molecule has 184 valence electrons. The maximum Gasteiger partial charge on any atom is 0.420 e. The lowest BCUT2D eigenvalue weighted by molar-refractivity contribution is -0.132. The number of amides is 2. The molecule has 9 heteroatoms. The number of anilines is 1. The molecule has 1 aliphatic carbocycles. The van der Waals surface area contributed by atoms with Gasteiger partial charge in [0.15, 0.2) is 11.4 Å². The molecule has 0 saturated carbocycles. The van der Waals surface area contributed by atoms with Gasteiger partial charge in [-0.3, -0.25) is 19.0 Å². The summed E-state index contributed by atoms with van der Waals surface area (Å²) in [4.78, 5) is 55.9. The van der Waals surface area contributed by atoms with Crippen molar-refractivity contribution in [1.29, 1.82) is 0 Å². The van der Waals surface area contributed by atoms with Gasteiger partial charge >= 0.3 is 5.76 Å². The summed E-state index contributed by atoms with van der Waals surface area (Å²) in [6.07, 6.45) is 4.18. The summed E-state index contributed by atoms with van der Waals surface area (Å²) < 4.78 is 6.62. The van der Waals surface area contributed by atoms with Crippen LogP contribution in [0.4, 0.5) is 5.69 Å². The van der Waals surface area contributed by atoms with Crippen molar-refractivity contribution in [3.05, 3.63) is 51.3 Å². The molecule has 0 spiro atoms. The monoisotopic (exact) mass is 478 g/mol. The molecular weight excluding hydrogens is 448 g/mol. The number of hydrogen-bond acceptors (Lipinski definition) is 5. The first-order valence-corrected chi connectivity index (χ1v) is 12.1. The summed E-state index contributed by atoms with van der Waals surface area (Å²) >= 11 is 0. The van der Waals surface area contributed by atoms with Crippen molar-refractivity contribution in [1.82, 2.24) is 14.5 Å². The fourth-order valence-electron chi connectivity index (χ4n) is 5.32. The van der Waals surface area contributed by atoms with Gasteiger partial charge in [-0.2, -0.15) is 0 Å². The van der Waals surface area contributed by atoms with E-state index in [2.05, 4.69) is 10.3 Å². The number of likely N-dealkylation sites (tertiary alicyclic amines) is 1. The standard InChI is InChI=1S/C26H30N4O5/c1-15-22-17(12-26(2,3)13-19(22)31)28-23(15)24(33)27-16-7-8-20-18(11-16)30(25(34)35-20)14-21(32)29-9-5-4-6-10-29/h7-8,11,28H,4-6,9-10,12-14H2,1-3H3,(H,27,33). The van der Waals surface area contributed by atoms with Crippen LogP contribution in [0.2, 0.25) is 0 Å². The van der Waals surface area contributed by atoms with Crippen molar-refractivity contribution in [2.45, 2.75) is 59.4 Å². The molecule has 0 radical (unpaired) electrons. The number of oxazole rings is 1. The zero-order valence-electron chi connectivity index (χ0n) is 20.3. The van der Waals surface area contributed by atoms with E-state index in [0.717, 1.165) is 25.0 Å². The Morgan fingerprint density at radius 3 is 2.60 bits per heavy atom. The van der Waals surface area contributed by atoms with Gasteiger partial charge in [0.25, 0.3) is 5.91 Å². The van der Waals surface area contributed by atoms with Gasteiger partial charge in [-0.05, 0) is 61.8 Å². The topological polar surface area (TPSA) is 117 Å². The van der Waals surface area contributed by atoms with E-state index < -0.39 is 5.76 Å². The number of carbonyl (C=O) groups excluding carboxylic acids is 3. The number of aromatic nitrogens is 2. The molecule has 3 aromatic rings. The number of fused-ring (bicyclic) bond motifs is 2. The van der Waals surface area contributed by atoms with Crippen molar-refractivity contribution in [2.24, 2.45) is 5.41 Å². The van der Waals surface area contributed by atoms with Crippen molar-refractivity contribution in [3.63, 3.8) is 0 Å². The number of benzene rings is 1. The van der Waals surface area contributed by atoms with Crippen molar-refractivity contribution in [2.75, 3.05) is 18.4 Å². The first-order valence-electron chi connectivity index (χ1n) is 12.1. The Morgan fingerprint density at radius 2 is 1.86 bits per heavy atom. The third-order valence-corrected chi connectivity index (χ3v) is 7.06. The van der Waals surface area contributed by atoms with Crippen LogP contribution < -0.4 is 11.1 Å². The largest absolute Gasteiger partial charge is 0.420 e. The minimum Gasteiger partial charge on any atom is -0.408 e. The summed E-state index contributed by atoms with van der Waals surface area (Å²) in [6.45, 7) is 7.15. The average molecular weight is 479 g/mol. The quantitative estimate of drug-likeness (QED) is 0.594. The van der Waals surface area contributed by atoms with Crippen LogP contribution in [0.5, 0.6) is 0 Å². The molecule has 0 atom stereocenters. The number of ketones is 1. The van der Waals surface area contributed by atoms with Crippen LogP contribution in [0.25, 0.3) is 11.1 Å². The Morgan fingerprint density at radius 1 is 1.11 bits per heavy atom. The first kappa shape index (κ1) is 23.1. The molecule has 9 nitrogen and oxygen atoms in total. The predicted octanol–water partition coefficient (Wildman–Crippen LogP) is 3.65. The Balaban J connectivity index is 1.40. The molecule has 35 heavy (non-hydrogen) atoms. The molecule has 1 aliphatic heterocycles. The normalized spacial score (nSPS) is 17.5. The van der Waals surface area contributed by atoms with E-state index in [4.69, 9.17) is 4.42 Å². The van der Waals surface area contributed by atoms with Crippen LogP contribution in [-0.2, 0) is 17.8 Å². The molecule has 0 bridgehead atoms. The second-order valence-electron chi connectivity index (χ2n) is 10.5. The van der Waals surface area contributed by atoms with Gasteiger partial charge in [-0.1, -0.05) is 13.8 Å². The second kappa shape index (κ2) is 8.55. The number of piperidine rings is 1. The summed E-state index contributed by atoms with van der Waals surface area (Å²) in [5, 5.41) is 2.86. The SMILES string of the molecule is Cc1c(C(=O)Nc2ccc3oc(=O)n(CC(=O)N4CCCCC4)c3c2)[nH]c2c1C(=O)CC(C)(C)C2. The molecular formula is C26H30N4O5. The number of nitrogens with one attached hydrogen (secondary N) is 2. The third kappa shape index (κ3) is 4.31. The molecule has 2 amide bonds. The van der Waals surface area contributed by atoms with E-state index in [1.165, 1.54) is 4.57 Å². The molecule has 5 rings (SSSR count). The fourth-order valence-corrected chi connectivity index (χ4v) is 5.32. The molecule has 1 saturated heterocycles. The van der Waals surface area contributed by atoms with Crippen LogP contribution in [0.1, 0.15) is 71.6 Å². The zero-order chi connectivity index (χ0) is 24.9. The second-order valence-corrected chi connectivity index (χ2v) is 10.5. The summed E-state index contributed by atoms with van der Waals surface area (Å²) in [6, 6.07) is 4.88. The number of rotatable bonds is 4. The van der Waals surface area contributed by atoms with Crippen LogP contribution in [-0.4, -0.2) is 45.1 Å². The highest BCUT2D eigenvalue weighted by molar-refractivity contribution is 6.09. The number of carbonyl (C=O) groups is 3. The van der Waals surface area contributed by atoms with Gasteiger partial charge in [0.1, 0.15) is 12.2 Å². The van der Waals surface area contributed by atoms with Crippen LogP contribution >= 0.6 is 0 Å². The van der Waals surface area contributed by atoms with E-state index in [1.54, 1.807) is 30.0 Å². The molecule has 3 heterocycles. The highest BCUT2D eigenvalue weighted by Crippen LogP contribution is 2.36. The summed E-state index contributed by atoms with van der Waals surface area (Å²) in [7, 11) is 0. The maximum absolute atomic E-state index is 13.1. The third-order valence-electron chi connectivity index (χ3n) is 7.06. The van der Waals surface area contributed by atoms with Crippen LogP contribution in [0, 0.1) is 12.3 Å². The van der Waals surface area contributed by atoms with E-state index in [-0.39, 0.29) is 29.6 Å². The van der Waals surface area contributed by atoms with Gasteiger partial charge in [0.2, 0.25) is 5.91 Å². The minimum absolute atomic E-state index is 0.0475. The lowest BCUT2D eigenvalue weighted by Crippen LogP contribution is -2.39. The van der Waals surface area contributed by atoms with Gasteiger partial charge < -0.3 is 19.6 Å². The highest BCUT2D eigenvalue weighted by Gasteiger charge is 2.35. The highest BCUT2D eigenvalue weighted by atomic mass is 16.4. The number of nitrogens with zero attached hydrogens (tertiary/aromatic N) is 2. The van der Waals surface area contributed by atoms with Crippen molar-refractivity contribution >= 4 is 34.4 Å². The number of hydrogen-bond donors (Lipinski definition) is 2. The Bertz CT molecular complexity index is 1400. The van der Waals surface area contributed by atoms with E-state index in [1.807, 2.05) is 13.8 Å². The fraction of sp³-hybridized carbons (Fsp3) is 0.462. The lowest BCUT2D eigenvalue weighted by atomic mass is 9.75. The first-order chi connectivity index (χ1) is 16.6. The molecule has 1 aromatic carbocycles. The molecule has 2 aromatic heterocycles. The summed E-state index contributed by atoms with van der Waals surface area (Å²) in [5.74, 6) is -1.05. The molecule has 2 aliphatic rings. The number of H-pyrrole nitrogens is 1. The van der Waals surface area contributed by atoms with Gasteiger partial charge in [0.05, 0.1) is 5.52 Å². The predicted molar refractivity (Wildman–Crippen MR) is 131 cm³/mol. The van der Waals surface area contributed by atoms with Gasteiger partial charge in [-0.25, -0.2) is 4.79 Å². The van der Waals surface area contributed by atoms with Crippen LogP contribution in [0.15, 0.2) is 27.4 Å². The van der Waals surface area contributed by atoms with Gasteiger partial charge in [-0.15, -0.1) is 0 Å². The van der Waals surface area contributed by atoms with E-state index >= 15 is 0 Å². The number of Topliss-reactive ketones (excluding diaryl/α,β-unsaturated/α-hetero) is 1. The Labute approximate surface area is 202 Å². The van der Waals surface area contributed by atoms with E-state index in [9.17, 15) is 19.2 Å². The lowest BCUT2D eigenvalue weighted by Gasteiger charge is -2.28. The maximum atomic E-state index is 13.1. The number of aromatic amines is 1. The van der Waals surface area contributed by atoms with Crippen molar-refractivity contribution < 1.29 is 18.8 Å². The Hall–Kier alpha value is -3.62.